The summed E-state index contributed by atoms with van der Waals surface area (Å²) in [4.78, 5) is 24.0. The van der Waals surface area contributed by atoms with Crippen LogP contribution in [0, 0.1) is 0 Å². The third-order valence-electron chi connectivity index (χ3n) is 3.54. The standard InChI is InChI=1S/C16H11ClO2/c17-16(19)14-7-3-6-13-12(14)9-8-10-4-1-2-5-11(10)15(13)18/h1-7H,8-9H2. The summed E-state index contributed by atoms with van der Waals surface area (Å²) in [6.07, 6.45) is 1.41. The molecule has 0 heterocycles. The van der Waals surface area contributed by atoms with E-state index in [1.165, 1.54) is 0 Å². The topological polar surface area (TPSA) is 34.1 Å². The highest BCUT2D eigenvalue weighted by atomic mass is 35.5. The van der Waals surface area contributed by atoms with E-state index >= 15 is 0 Å². The molecule has 0 fully saturated rings. The molecule has 2 nitrogen and oxygen atoms in total. The van der Waals surface area contributed by atoms with Gasteiger partial charge >= 0.3 is 0 Å². The number of hydrogen-bond donors (Lipinski definition) is 0. The molecule has 3 rings (SSSR count). The van der Waals surface area contributed by atoms with Crippen molar-refractivity contribution in [3.8, 4) is 0 Å². The quantitative estimate of drug-likeness (QED) is 0.745. The third-order valence-corrected chi connectivity index (χ3v) is 3.74. The Labute approximate surface area is 116 Å². The summed E-state index contributed by atoms with van der Waals surface area (Å²) < 4.78 is 0. The van der Waals surface area contributed by atoms with Crippen LogP contribution in [0.25, 0.3) is 0 Å². The van der Waals surface area contributed by atoms with Crippen LogP contribution in [-0.4, -0.2) is 11.0 Å². The molecule has 0 aliphatic heterocycles. The van der Waals surface area contributed by atoms with Gasteiger partial charge < -0.3 is 0 Å². The van der Waals surface area contributed by atoms with Crippen molar-refractivity contribution in [3.63, 3.8) is 0 Å². The molecule has 0 saturated heterocycles. The Morgan fingerprint density at radius 3 is 2.47 bits per heavy atom. The second-order valence-electron chi connectivity index (χ2n) is 4.59. The maximum Gasteiger partial charge on any atom is 0.252 e. The lowest BCUT2D eigenvalue weighted by Gasteiger charge is -2.08. The summed E-state index contributed by atoms with van der Waals surface area (Å²) in [5.41, 5.74) is 3.55. The van der Waals surface area contributed by atoms with E-state index in [0.29, 0.717) is 17.5 Å². The van der Waals surface area contributed by atoms with E-state index in [-0.39, 0.29) is 5.78 Å². The molecule has 94 valence electrons. The van der Waals surface area contributed by atoms with Gasteiger partial charge in [-0.15, -0.1) is 0 Å². The van der Waals surface area contributed by atoms with Crippen LogP contribution in [0.3, 0.4) is 0 Å². The fourth-order valence-electron chi connectivity index (χ4n) is 2.62. The van der Waals surface area contributed by atoms with Crippen molar-refractivity contribution < 1.29 is 9.59 Å². The Morgan fingerprint density at radius 1 is 0.947 bits per heavy atom. The molecule has 1 aliphatic carbocycles. The second kappa shape index (κ2) is 4.63. The molecule has 2 aromatic rings. The number of hydrogen-bond acceptors (Lipinski definition) is 2. The molecule has 1 aliphatic rings. The minimum absolute atomic E-state index is 0.0251. The molecule has 0 bridgehead atoms. The lowest BCUT2D eigenvalue weighted by atomic mass is 9.96. The molecule has 19 heavy (non-hydrogen) atoms. The van der Waals surface area contributed by atoms with Gasteiger partial charge in [-0.3, -0.25) is 9.59 Å². The Kier molecular flexibility index (Phi) is 2.96. The lowest BCUT2D eigenvalue weighted by Crippen LogP contribution is -2.07. The van der Waals surface area contributed by atoms with Crippen LogP contribution >= 0.6 is 11.6 Å². The monoisotopic (exact) mass is 270 g/mol. The van der Waals surface area contributed by atoms with Gasteiger partial charge in [0.25, 0.3) is 5.24 Å². The lowest BCUT2D eigenvalue weighted by molar-refractivity contribution is 0.103. The predicted octanol–water partition coefficient (Wildman–Crippen LogP) is 3.40. The molecule has 0 radical (unpaired) electrons. The Balaban J connectivity index is 2.23. The Hall–Kier alpha value is -1.93. The first kappa shape index (κ1) is 12.1. The van der Waals surface area contributed by atoms with Crippen LogP contribution < -0.4 is 0 Å². The highest BCUT2D eigenvalue weighted by Crippen LogP contribution is 2.27. The van der Waals surface area contributed by atoms with Crippen molar-refractivity contribution in [2.45, 2.75) is 12.8 Å². The summed E-state index contributed by atoms with van der Waals surface area (Å²) in [6, 6.07) is 12.7. The maximum absolute atomic E-state index is 12.5. The number of benzene rings is 2. The molecule has 0 N–H and O–H groups in total. The molecule has 0 spiro atoms. The van der Waals surface area contributed by atoms with Crippen molar-refractivity contribution in [2.75, 3.05) is 0 Å². The largest absolute Gasteiger partial charge is 0.289 e. The zero-order valence-electron chi connectivity index (χ0n) is 10.2. The number of fused-ring (bicyclic) bond motifs is 2. The first-order chi connectivity index (χ1) is 9.18. The second-order valence-corrected chi connectivity index (χ2v) is 4.93. The molecular weight excluding hydrogens is 260 g/mol. The van der Waals surface area contributed by atoms with Crippen molar-refractivity contribution in [2.24, 2.45) is 0 Å². The highest BCUT2D eigenvalue weighted by molar-refractivity contribution is 6.68. The van der Waals surface area contributed by atoms with Crippen molar-refractivity contribution in [1.29, 1.82) is 0 Å². The van der Waals surface area contributed by atoms with E-state index in [1.807, 2.05) is 24.3 Å². The average Bonchev–Trinajstić information content (AvgIpc) is 2.57. The van der Waals surface area contributed by atoms with Gasteiger partial charge in [-0.1, -0.05) is 36.4 Å². The van der Waals surface area contributed by atoms with Gasteiger partial charge in [-0.25, -0.2) is 0 Å². The zero-order valence-corrected chi connectivity index (χ0v) is 10.9. The van der Waals surface area contributed by atoms with E-state index in [0.717, 1.165) is 23.1 Å². The van der Waals surface area contributed by atoms with Crippen LogP contribution in [-0.2, 0) is 12.8 Å². The van der Waals surface area contributed by atoms with Gasteiger partial charge in [0.15, 0.2) is 5.78 Å². The van der Waals surface area contributed by atoms with E-state index in [4.69, 9.17) is 11.6 Å². The summed E-state index contributed by atoms with van der Waals surface area (Å²) in [6.45, 7) is 0. The number of rotatable bonds is 1. The summed E-state index contributed by atoms with van der Waals surface area (Å²) in [5, 5.41) is -0.504. The van der Waals surface area contributed by atoms with E-state index in [9.17, 15) is 9.59 Å². The maximum atomic E-state index is 12.5. The first-order valence-electron chi connectivity index (χ1n) is 6.13. The van der Waals surface area contributed by atoms with Gasteiger partial charge in [-0.2, -0.15) is 0 Å². The van der Waals surface area contributed by atoms with Gasteiger partial charge in [-0.05, 0) is 41.6 Å². The molecule has 0 atom stereocenters. The molecule has 3 heteroatoms. The van der Waals surface area contributed by atoms with Crippen LogP contribution in [0.2, 0.25) is 0 Å². The molecule has 0 amide bonds. The highest BCUT2D eigenvalue weighted by Gasteiger charge is 2.23. The summed E-state index contributed by atoms with van der Waals surface area (Å²) in [5.74, 6) is -0.0251. The van der Waals surface area contributed by atoms with Crippen molar-refractivity contribution in [3.05, 3.63) is 70.3 Å². The molecule has 0 aromatic heterocycles. The van der Waals surface area contributed by atoms with E-state index < -0.39 is 5.24 Å². The fraction of sp³-hybridized carbons (Fsp3) is 0.125. The Morgan fingerprint density at radius 2 is 1.68 bits per heavy atom. The third kappa shape index (κ3) is 1.98. The van der Waals surface area contributed by atoms with Gasteiger partial charge in [0, 0.05) is 16.7 Å². The smallest absolute Gasteiger partial charge is 0.252 e. The number of carbonyl (C=O) groups is 2. The van der Waals surface area contributed by atoms with Crippen LogP contribution in [0.5, 0.6) is 0 Å². The van der Waals surface area contributed by atoms with Crippen LogP contribution in [0.4, 0.5) is 0 Å². The normalized spacial score (nSPS) is 13.4. The van der Waals surface area contributed by atoms with E-state index in [2.05, 4.69) is 0 Å². The Bertz CT molecular complexity index is 689. The molecule has 0 saturated carbocycles. The van der Waals surface area contributed by atoms with Gasteiger partial charge in [0.1, 0.15) is 0 Å². The minimum atomic E-state index is -0.504. The fourth-order valence-corrected chi connectivity index (χ4v) is 2.79. The molecular formula is C16H11ClO2. The SMILES string of the molecule is O=C(Cl)c1cccc2c1CCc1ccccc1C2=O. The van der Waals surface area contributed by atoms with Gasteiger partial charge in [0.05, 0.1) is 0 Å². The van der Waals surface area contributed by atoms with Crippen molar-refractivity contribution in [1.82, 2.24) is 0 Å². The van der Waals surface area contributed by atoms with Crippen LogP contribution in [0.1, 0.15) is 37.4 Å². The minimum Gasteiger partial charge on any atom is -0.289 e. The number of ketones is 1. The summed E-state index contributed by atoms with van der Waals surface area (Å²) >= 11 is 5.60. The predicted molar refractivity (Wildman–Crippen MR) is 73.9 cm³/mol. The average molecular weight is 271 g/mol. The number of aryl methyl sites for hydroxylation is 1. The molecule has 2 aromatic carbocycles. The van der Waals surface area contributed by atoms with Gasteiger partial charge in [0.2, 0.25) is 0 Å². The van der Waals surface area contributed by atoms with Crippen molar-refractivity contribution >= 4 is 22.6 Å². The first-order valence-corrected chi connectivity index (χ1v) is 6.50. The zero-order chi connectivity index (χ0) is 13.4. The van der Waals surface area contributed by atoms with Crippen LogP contribution in [0.15, 0.2) is 42.5 Å². The number of carbonyl (C=O) groups excluding carboxylic acids is 2. The summed E-state index contributed by atoms with van der Waals surface area (Å²) in [7, 11) is 0. The number of halogens is 1. The van der Waals surface area contributed by atoms with E-state index in [1.54, 1.807) is 18.2 Å². The molecule has 0 unspecified atom stereocenters.